The van der Waals surface area contributed by atoms with Crippen LogP contribution < -0.4 is 15.0 Å². The van der Waals surface area contributed by atoms with Gasteiger partial charge in [-0.25, -0.2) is 13.8 Å². The number of hydrazone groups is 1. The molecule has 8 nitrogen and oxygen atoms in total. The molecule has 1 atom stereocenters. The number of hydrogen-bond acceptors (Lipinski definition) is 5. The molecular weight excluding hydrogens is 452 g/mol. The number of benzene rings is 3. The first-order valence-electron chi connectivity index (χ1n) is 10.5. The molecule has 34 heavy (non-hydrogen) atoms. The van der Waals surface area contributed by atoms with E-state index in [1.165, 1.54) is 6.92 Å². The van der Waals surface area contributed by atoms with Crippen molar-refractivity contribution in [1.29, 1.82) is 0 Å². The highest BCUT2D eigenvalue weighted by Crippen LogP contribution is 2.20. The van der Waals surface area contributed by atoms with Crippen molar-refractivity contribution in [3.05, 3.63) is 96.1 Å². The molecule has 0 unspecified atom stereocenters. The lowest BCUT2D eigenvalue weighted by Crippen LogP contribution is -2.46. The Bertz CT molecular complexity index is 1290. The number of para-hydroxylation sites is 1. The van der Waals surface area contributed by atoms with Gasteiger partial charge in [-0.05, 0) is 55.8 Å². The minimum absolute atomic E-state index is 0.240. The molecule has 9 heteroatoms. The number of nitrogens with one attached hydrogen (secondary N) is 2. The Morgan fingerprint density at radius 3 is 2.09 bits per heavy atom. The van der Waals surface area contributed by atoms with E-state index in [0.29, 0.717) is 28.2 Å². The zero-order valence-corrected chi connectivity index (χ0v) is 19.9. The molecule has 0 aromatic heterocycles. The summed E-state index contributed by atoms with van der Waals surface area (Å²) in [5.74, 6) is -0.821. The second-order valence-electron chi connectivity index (χ2n) is 7.64. The SMILES string of the molecule is C/C(=N/NC(=O)[C@@H](C)N(c1ccccc1)S(C)(=O)=O)c1cccc(NC(=O)c2ccccc2)c1. The van der Waals surface area contributed by atoms with E-state index in [0.717, 1.165) is 10.6 Å². The fourth-order valence-corrected chi connectivity index (χ4v) is 4.47. The molecule has 0 spiro atoms. The number of anilines is 2. The third kappa shape index (κ3) is 6.29. The fraction of sp³-hybridized carbons (Fsp3) is 0.160. The van der Waals surface area contributed by atoms with Gasteiger partial charge < -0.3 is 5.32 Å². The van der Waals surface area contributed by atoms with Crippen molar-refractivity contribution in [3.8, 4) is 0 Å². The van der Waals surface area contributed by atoms with E-state index in [1.807, 2.05) is 6.07 Å². The van der Waals surface area contributed by atoms with Gasteiger partial charge in [-0.15, -0.1) is 0 Å². The van der Waals surface area contributed by atoms with Crippen LogP contribution in [0.5, 0.6) is 0 Å². The molecule has 176 valence electrons. The second kappa shape index (κ2) is 10.8. The van der Waals surface area contributed by atoms with Crippen LogP contribution in [0.3, 0.4) is 0 Å². The van der Waals surface area contributed by atoms with Gasteiger partial charge >= 0.3 is 0 Å². The Hall–Kier alpha value is -3.98. The van der Waals surface area contributed by atoms with Crippen LogP contribution in [0, 0.1) is 0 Å². The van der Waals surface area contributed by atoms with Gasteiger partial charge in [0, 0.05) is 11.3 Å². The third-order valence-electron chi connectivity index (χ3n) is 5.01. The summed E-state index contributed by atoms with van der Waals surface area (Å²) in [7, 11) is -3.71. The zero-order valence-electron chi connectivity index (χ0n) is 19.1. The minimum Gasteiger partial charge on any atom is -0.322 e. The van der Waals surface area contributed by atoms with E-state index >= 15 is 0 Å². The highest BCUT2D eigenvalue weighted by molar-refractivity contribution is 7.92. The Morgan fingerprint density at radius 1 is 0.882 bits per heavy atom. The number of hydrogen-bond donors (Lipinski definition) is 2. The summed E-state index contributed by atoms with van der Waals surface area (Å²) in [6.07, 6.45) is 1.05. The number of sulfonamides is 1. The predicted octanol–water partition coefficient (Wildman–Crippen LogP) is 3.63. The number of carbonyl (C=O) groups excluding carboxylic acids is 2. The molecule has 0 heterocycles. The molecule has 0 aliphatic carbocycles. The van der Waals surface area contributed by atoms with Gasteiger partial charge in [-0.3, -0.25) is 13.9 Å². The summed E-state index contributed by atoms with van der Waals surface area (Å²) < 4.78 is 25.7. The Labute approximate surface area is 199 Å². The van der Waals surface area contributed by atoms with Crippen molar-refractivity contribution >= 4 is 38.9 Å². The van der Waals surface area contributed by atoms with E-state index in [1.54, 1.807) is 85.8 Å². The normalized spacial score (nSPS) is 12.5. The van der Waals surface area contributed by atoms with E-state index in [4.69, 9.17) is 0 Å². The topological polar surface area (TPSA) is 108 Å². The van der Waals surface area contributed by atoms with Gasteiger partial charge in [0.1, 0.15) is 6.04 Å². The smallest absolute Gasteiger partial charge is 0.263 e. The summed E-state index contributed by atoms with van der Waals surface area (Å²) in [4.78, 5) is 25.1. The van der Waals surface area contributed by atoms with Crippen LogP contribution in [0.1, 0.15) is 29.8 Å². The van der Waals surface area contributed by atoms with E-state index < -0.39 is 22.0 Å². The molecule has 2 N–H and O–H groups in total. The van der Waals surface area contributed by atoms with Crippen LogP contribution in [0.25, 0.3) is 0 Å². The third-order valence-corrected chi connectivity index (χ3v) is 6.25. The van der Waals surface area contributed by atoms with Gasteiger partial charge in [0.2, 0.25) is 10.0 Å². The molecule has 3 aromatic carbocycles. The van der Waals surface area contributed by atoms with Crippen molar-refractivity contribution in [3.63, 3.8) is 0 Å². The van der Waals surface area contributed by atoms with Crippen molar-refractivity contribution in [2.75, 3.05) is 15.9 Å². The van der Waals surface area contributed by atoms with Crippen LogP contribution in [-0.2, 0) is 14.8 Å². The average Bonchev–Trinajstić information content (AvgIpc) is 2.83. The van der Waals surface area contributed by atoms with Crippen LogP contribution in [0.4, 0.5) is 11.4 Å². The maximum atomic E-state index is 12.7. The highest BCUT2D eigenvalue weighted by Gasteiger charge is 2.28. The predicted molar refractivity (Wildman–Crippen MR) is 134 cm³/mol. The molecule has 0 saturated heterocycles. The Kier molecular flexibility index (Phi) is 7.80. The largest absolute Gasteiger partial charge is 0.322 e. The molecule has 3 rings (SSSR count). The van der Waals surface area contributed by atoms with E-state index in [9.17, 15) is 18.0 Å². The lowest BCUT2D eigenvalue weighted by Gasteiger charge is -2.27. The number of amides is 2. The van der Waals surface area contributed by atoms with E-state index in [-0.39, 0.29) is 5.91 Å². The molecule has 3 aromatic rings. The second-order valence-corrected chi connectivity index (χ2v) is 9.50. The lowest BCUT2D eigenvalue weighted by atomic mass is 10.1. The molecular formula is C25H26N4O4S. The van der Waals surface area contributed by atoms with Crippen LogP contribution in [0.2, 0.25) is 0 Å². The number of rotatable bonds is 8. The van der Waals surface area contributed by atoms with Gasteiger partial charge in [0.25, 0.3) is 11.8 Å². The molecule has 0 bridgehead atoms. The molecule has 0 fully saturated rings. The highest BCUT2D eigenvalue weighted by atomic mass is 32.2. The molecule has 2 amide bonds. The quantitative estimate of drug-likeness (QED) is 0.381. The first kappa shape index (κ1) is 24.7. The fourth-order valence-electron chi connectivity index (χ4n) is 3.30. The van der Waals surface area contributed by atoms with Crippen molar-refractivity contribution < 1.29 is 18.0 Å². The van der Waals surface area contributed by atoms with Crippen LogP contribution >= 0.6 is 0 Å². The standard InChI is InChI=1S/C25H26N4O4S/c1-18(21-13-10-14-22(17-21)26-25(31)20-11-6-4-7-12-20)27-28-24(30)19(2)29(34(3,32)33)23-15-8-5-9-16-23/h4-17,19H,1-3H3,(H,26,31)(H,28,30)/b27-18-/t19-/m1/s1. The summed E-state index contributed by atoms with van der Waals surface area (Å²) in [6, 6.07) is 23.3. The lowest BCUT2D eigenvalue weighted by molar-refractivity contribution is -0.121. The number of carbonyl (C=O) groups is 2. The first-order chi connectivity index (χ1) is 16.2. The summed E-state index contributed by atoms with van der Waals surface area (Å²) in [6.45, 7) is 3.20. The molecule has 0 aliphatic heterocycles. The molecule has 0 saturated carbocycles. The van der Waals surface area contributed by atoms with Crippen molar-refractivity contribution in [2.24, 2.45) is 5.10 Å². The first-order valence-corrected chi connectivity index (χ1v) is 12.4. The molecule has 0 radical (unpaired) electrons. The summed E-state index contributed by atoms with van der Waals surface area (Å²) in [5, 5.41) is 6.97. The van der Waals surface area contributed by atoms with E-state index in [2.05, 4.69) is 15.8 Å². The monoisotopic (exact) mass is 478 g/mol. The van der Waals surface area contributed by atoms with Crippen LogP contribution in [-0.4, -0.2) is 38.2 Å². The van der Waals surface area contributed by atoms with Crippen molar-refractivity contribution in [2.45, 2.75) is 19.9 Å². The zero-order chi connectivity index (χ0) is 24.7. The molecule has 0 aliphatic rings. The maximum Gasteiger partial charge on any atom is 0.263 e. The van der Waals surface area contributed by atoms with Gasteiger partial charge in [0.05, 0.1) is 17.7 Å². The maximum absolute atomic E-state index is 12.7. The summed E-state index contributed by atoms with van der Waals surface area (Å²) in [5.41, 5.74) is 5.11. The Balaban J connectivity index is 1.72. The van der Waals surface area contributed by atoms with Crippen LogP contribution in [0.15, 0.2) is 90.0 Å². The average molecular weight is 479 g/mol. The van der Waals surface area contributed by atoms with Gasteiger partial charge in [0.15, 0.2) is 0 Å². The minimum atomic E-state index is -3.71. The summed E-state index contributed by atoms with van der Waals surface area (Å²) >= 11 is 0. The van der Waals surface area contributed by atoms with Gasteiger partial charge in [-0.2, -0.15) is 5.10 Å². The van der Waals surface area contributed by atoms with Crippen molar-refractivity contribution in [1.82, 2.24) is 5.43 Å². The Morgan fingerprint density at radius 2 is 1.47 bits per heavy atom. The van der Waals surface area contributed by atoms with Gasteiger partial charge in [-0.1, -0.05) is 48.5 Å². The number of nitrogens with zero attached hydrogens (tertiary/aromatic N) is 2.